The molecule has 0 nitrogen and oxygen atoms in total. The zero-order valence-electron chi connectivity index (χ0n) is 11.6. The zero-order chi connectivity index (χ0) is 17.8. The smallest absolute Gasteiger partial charge is 0.200 e. The van der Waals surface area contributed by atoms with Crippen molar-refractivity contribution in [2.45, 2.75) is 73.3 Å². The highest BCUT2D eigenvalue weighted by Crippen LogP contribution is 2.54. The van der Waals surface area contributed by atoms with Crippen molar-refractivity contribution in [1.29, 1.82) is 0 Å². The maximum atomic E-state index is 13.3. The Morgan fingerprint density at radius 3 is 1.68 bits per heavy atom. The van der Waals surface area contributed by atoms with E-state index < -0.39 is 34.3 Å². The first-order chi connectivity index (χ1) is 9.70. The molecule has 0 saturated heterocycles. The van der Waals surface area contributed by atoms with Gasteiger partial charge in [-0.25, -0.2) is 0 Å². The predicted molar refractivity (Wildman–Crippen MR) is 72.1 cm³/mol. The van der Waals surface area contributed by atoms with Gasteiger partial charge >= 0.3 is 23.9 Å². The van der Waals surface area contributed by atoms with Crippen LogP contribution in [0.3, 0.4) is 0 Å². The highest BCUT2D eigenvalue weighted by atomic mass is 127. The summed E-state index contributed by atoms with van der Waals surface area (Å²) >= 11 is 1.37. The van der Waals surface area contributed by atoms with Gasteiger partial charge < -0.3 is 0 Å². The van der Waals surface area contributed by atoms with E-state index in [1.807, 2.05) is 6.92 Å². The summed E-state index contributed by atoms with van der Waals surface area (Å²) in [4.78, 5) is 0. The molecule has 22 heavy (non-hydrogen) atoms. The van der Waals surface area contributed by atoms with Crippen LogP contribution in [0.5, 0.6) is 0 Å². The summed E-state index contributed by atoms with van der Waals surface area (Å²) in [6.07, 6.45) is -5.74. The molecule has 0 aliphatic rings. The summed E-state index contributed by atoms with van der Waals surface area (Å²) in [6.45, 7) is 1.88. The minimum Gasteiger partial charge on any atom is -0.200 e. The van der Waals surface area contributed by atoms with E-state index in [1.165, 1.54) is 22.6 Å². The first-order valence-corrected chi connectivity index (χ1v) is 7.79. The van der Waals surface area contributed by atoms with Gasteiger partial charge in [-0.1, -0.05) is 55.2 Å². The molecule has 0 saturated carbocycles. The number of unbranched alkanes of at least 4 members (excludes halogenated alkanes) is 3. The highest BCUT2D eigenvalue weighted by molar-refractivity contribution is 14.1. The molecule has 0 aromatic rings. The van der Waals surface area contributed by atoms with E-state index in [2.05, 4.69) is 0 Å². The second kappa shape index (κ2) is 7.78. The minimum absolute atomic E-state index is 0.0455. The molecule has 0 aromatic heterocycles. The van der Waals surface area contributed by atoms with Gasteiger partial charge in [0.15, 0.2) is 0 Å². The van der Waals surface area contributed by atoms with Gasteiger partial charge in [0.1, 0.15) is 0 Å². The number of hydrogen-bond acceptors (Lipinski definition) is 0. The normalized spacial score (nSPS) is 16.0. The van der Waals surface area contributed by atoms with Crippen molar-refractivity contribution in [3.8, 4) is 0 Å². The van der Waals surface area contributed by atoms with Gasteiger partial charge in [0.25, 0.3) is 0 Å². The van der Waals surface area contributed by atoms with Gasteiger partial charge in [-0.05, 0) is 6.42 Å². The topological polar surface area (TPSA) is 0 Å². The van der Waals surface area contributed by atoms with E-state index in [-0.39, 0.29) is 6.42 Å². The zero-order valence-corrected chi connectivity index (χ0v) is 13.8. The van der Waals surface area contributed by atoms with E-state index in [0.29, 0.717) is 12.8 Å². The maximum Gasteiger partial charge on any atom is 0.460 e. The number of hydrogen-bond donors (Lipinski definition) is 0. The van der Waals surface area contributed by atoms with Crippen LogP contribution >= 0.6 is 22.6 Å². The van der Waals surface area contributed by atoms with Crippen molar-refractivity contribution in [3.05, 3.63) is 0 Å². The van der Waals surface area contributed by atoms with Gasteiger partial charge in [0.2, 0.25) is 0 Å². The van der Waals surface area contributed by atoms with Gasteiger partial charge in [0.05, 0.1) is 0 Å². The van der Waals surface area contributed by atoms with Crippen molar-refractivity contribution in [1.82, 2.24) is 0 Å². The Hall–Kier alpha value is 0.1000. The average Bonchev–Trinajstić information content (AvgIpc) is 2.32. The minimum atomic E-state index is -6.79. The molecule has 1 atom stereocenters. The van der Waals surface area contributed by atoms with E-state index >= 15 is 0 Å². The van der Waals surface area contributed by atoms with Gasteiger partial charge in [-0.3, -0.25) is 0 Å². The third-order valence-electron chi connectivity index (χ3n) is 3.06. The second-order valence-corrected chi connectivity index (χ2v) is 6.76. The molecule has 0 unspecified atom stereocenters. The molecular weight excluding hydrogens is 442 g/mol. The largest absolute Gasteiger partial charge is 0.460 e. The number of rotatable bonds is 9. The molecule has 0 N–H and O–H groups in total. The first-order valence-electron chi connectivity index (χ1n) is 6.55. The fraction of sp³-hybridized carbons (Fsp3) is 1.00. The van der Waals surface area contributed by atoms with E-state index in [4.69, 9.17) is 0 Å². The lowest BCUT2D eigenvalue weighted by Crippen LogP contribution is -2.61. The third kappa shape index (κ3) is 5.05. The second-order valence-electron chi connectivity index (χ2n) is 5.00. The monoisotopic (exact) mass is 458 g/mol. The third-order valence-corrected chi connectivity index (χ3v) is 4.12. The van der Waals surface area contributed by atoms with Crippen LogP contribution < -0.4 is 0 Å². The summed E-state index contributed by atoms with van der Waals surface area (Å²) in [5, 5.41) is 0. The molecule has 134 valence electrons. The lowest BCUT2D eigenvalue weighted by atomic mass is 9.98. The summed E-state index contributed by atoms with van der Waals surface area (Å²) in [7, 11) is 0. The molecule has 0 radical (unpaired) electrons. The summed E-state index contributed by atoms with van der Waals surface area (Å²) in [5.41, 5.74) is 0. The molecule has 0 rings (SSSR count). The average molecular weight is 458 g/mol. The van der Waals surface area contributed by atoms with Crippen molar-refractivity contribution >= 4 is 22.6 Å². The fourth-order valence-corrected chi connectivity index (χ4v) is 2.70. The quantitative estimate of drug-likeness (QED) is 0.158. The maximum absolute atomic E-state index is 13.3. The Balaban J connectivity index is 4.90. The van der Waals surface area contributed by atoms with Gasteiger partial charge in [-0.2, -0.15) is 39.5 Å². The molecule has 0 aliphatic carbocycles. The van der Waals surface area contributed by atoms with Gasteiger partial charge in [-0.15, -0.1) is 0 Å². The Labute approximate surface area is 136 Å². The number of halogens is 10. The lowest BCUT2D eigenvalue weighted by molar-refractivity contribution is -0.396. The number of alkyl halides is 10. The van der Waals surface area contributed by atoms with Crippen LogP contribution in [-0.4, -0.2) is 27.9 Å². The molecular formula is C12H16F9I. The fourth-order valence-electron chi connectivity index (χ4n) is 1.71. The molecule has 0 fully saturated rings. The molecule has 0 aliphatic heterocycles. The molecule has 0 heterocycles. The molecule has 0 bridgehead atoms. The van der Waals surface area contributed by atoms with Crippen molar-refractivity contribution in [2.75, 3.05) is 0 Å². The predicted octanol–water partition coefficient (Wildman–Crippen LogP) is 6.62. The van der Waals surface area contributed by atoms with Crippen molar-refractivity contribution in [3.63, 3.8) is 0 Å². The lowest BCUT2D eigenvalue weighted by Gasteiger charge is -2.34. The Morgan fingerprint density at radius 2 is 1.27 bits per heavy atom. The summed E-state index contributed by atoms with van der Waals surface area (Å²) in [5.74, 6) is -18.7. The Bertz CT molecular complexity index is 338. The SMILES string of the molecule is CCCCCC[C@H](I)CC(F)(F)C(F)(F)C(F)(F)C(F)(F)F. The van der Waals surface area contributed by atoms with Crippen molar-refractivity contribution < 1.29 is 39.5 Å². The van der Waals surface area contributed by atoms with Crippen LogP contribution in [0.15, 0.2) is 0 Å². The molecule has 10 heteroatoms. The van der Waals surface area contributed by atoms with Crippen LogP contribution in [0.2, 0.25) is 0 Å². The van der Waals surface area contributed by atoms with Crippen LogP contribution in [-0.2, 0) is 0 Å². The van der Waals surface area contributed by atoms with Crippen LogP contribution in [0.1, 0.15) is 45.4 Å². The summed E-state index contributed by atoms with van der Waals surface area (Å²) < 4.78 is 113. The standard InChI is InChI=1S/C12H16F9I/c1-2-3-4-5-6-8(22)7-9(13,14)10(15,16)11(17,18)12(19,20)21/h8H,2-7H2,1H3/t8-/m0/s1. The summed E-state index contributed by atoms with van der Waals surface area (Å²) in [6, 6.07) is 0. The van der Waals surface area contributed by atoms with Crippen LogP contribution in [0.4, 0.5) is 39.5 Å². The highest BCUT2D eigenvalue weighted by Gasteiger charge is 2.81. The van der Waals surface area contributed by atoms with Crippen LogP contribution in [0.25, 0.3) is 0 Å². The van der Waals surface area contributed by atoms with E-state index in [9.17, 15) is 39.5 Å². The molecule has 0 spiro atoms. The van der Waals surface area contributed by atoms with E-state index in [0.717, 1.165) is 12.8 Å². The molecule has 0 aromatic carbocycles. The van der Waals surface area contributed by atoms with Crippen LogP contribution in [0, 0.1) is 0 Å². The van der Waals surface area contributed by atoms with E-state index in [1.54, 1.807) is 0 Å². The Kier molecular flexibility index (Phi) is 7.82. The van der Waals surface area contributed by atoms with Gasteiger partial charge in [0, 0.05) is 10.3 Å². The Morgan fingerprint density at radius 1 is 0.773 bits per heavy atom. The molecule has 0 amide bonds. The first kappa shape index (κ1) is 22.1. The van der Waals surface area contributed by atoms with Crippen molar-refractivity contribution in [2.24, 2.45) is 0 Å².